The first-order chi connectivity index (χ1) is 13.9. The number of hydrogen-bond acceptors (Lipinski definition) is 0. The third kappa shape index (κ3) is 2.15. The Balaban J connectivity index is 1.35. The molecule has 2 aliphatic heterocycles. The predicted molar refractivity (Wildman–Crippen MR) is 124 cm³/mol. The van der Waals surface area contributed by atoms with Crippen molar-refractivity contribution in [3.63, 3.8) is 0 Å². The van der Waals surface area contributed by atoms with E-state index in [9.17, 15) is 0 Å². The molecule has 8 atom stereocenters. The van der Waals surface area contributed by atoms with Gasteiger partial charge in [0.15, 0.2) is 0 Å². The first kappa shape index (κ1) is 16.8. The summed E-state index contributed by atoms with van der Waals surface area (Å²) in [4.78, 5) is 0. The van der Waals surface area contributed by atoms with Crippen molar-refractivity contribution >= 4 is 26.5 Å². The fraction of sp³-hybridized carbons (Fsp3) is 0.462. The highest BCUT2D eigenvalue weighted by atomic mass is 31.1. The van der Waals surface area contributed by atoms with Gasteiger partial charge in [-0.2, -0.15) is 0 Å². The summed E-state index contributed by atoms with van der Waals surface area (Å²) in [5.41, 5.74) is 7.26. The molecule has 1 aromatic carbocycles. The molecule has 0 radical (unpaired) electrons. The molecule has 0 spiro atoms. The van der Waals surface area contributed by atoms with E-state index in [2.05, 4.69) is 60.7 Å². The van der Waals surface area contributed by atoms with E-state index in [-0.39, 0.29) is 15.8 Å². The number of fused-ring (bicyclic) bond motifs is 6. The van der Waals surface area contributed by atoms with Gasteiger partial charge >= 0.3 is 0 Å². The van der Waals surface area contributed by atoms with E-state index in [0.717, 1.165) is 34.5 Å². The van der Waals surface area contributed by atoms with Gasteiger partial charge in [-0.15, -0.1) is 0 Å². The Hall–Kier alpha value is -0.960. The molecule has 142 valence electrons. The number of benzene rings is 1. The highest BCUT2D eigenvalue weighted by molar-refractivity contribution is 7.74. The largest absolute Gasteiger partial charge is 0.0872 e. The standard InChI is InChI=1S/C26H28P2/c1-2-12-26(28-23-15-5-9-19(23)20-10-6-16-24(20)28)25(11-1)27-21-13-3-7-17(21)18-8-4-14-22(18)27/h1-3,5,7-12,17,19,21-24H,4,6,13-16H2/t17-,19?,21?,22+,23?,24+,27?,28?/m1/s1. The smallest absolute Gasteiger partial charge is 0.00569 e. The molecule has 1 aromatic rings. The fourth-order valence-corrected chi connectivity index (χ4v) is 15.5. The van der Waals surface area contributed by atoms with Crippen LogP contribution in [0.1, 0.15) is 38.5 Å². The lowest BCUT2D eigenvalue weighted by atomic mass is 9.98. The van der Waals surface area contributed by atoms with Gasteiger partial charge in [-0.3, -0.25) is 0 Å². The lowest BCUT2D eigenvalue weighted by Gasteiger charge is -2.32. The summed E-state index contributed by atoms with van der Waals surface area (Å²) in [6, 6.07) is 9.87. The van der Waals surface area contributed by atoms with Crippen LogP contribution in [0.15, 0.2) is 71.9 Å². The van der Waals surface area contributed by atoms with E-state index in [1.54, 1.807) is 0 Å². The van der Waals surface area contributed by atoms with Crippen molar-refractivity contribution in [3.05, 3.63) is 71.9 Å². The third-order valence-electron chi connectivity index (χ3n) is 8.27. The molecule has 0 aromatic heterocycles. The molecule has 2 saturated heterocycles. The maximum absolute atomic E-state index is 2.62. The quantitative estimate of drug-likeness (QED) is 0.421. The van der Waals surface area contributed by atoms with Crippen molar-refractivity contribution in [1.29, 1.82) is 0 Å². The molecule has 2 heterocycles. The molecule has 2 fully saturated rings. The van der Waals surface area contributed by atoms with Crippen molar-refractivity contribution in [2.75, 3.05) is 0 Å². The Morgan fingerprint density at radius 2 is 1.18 bits per heavy atom. The van der Waals surface area contributed by atoms with Gasteiger partial charge in [0.2, 0.25) is 0 Å². The summed E-state index contributed by atoms with van der Waals surface area (Å²) in [6.45, 7) is 0. The first-order valence-electron chi connectivity index (χ1n) is 11.3. The maximum Gasteiger partial charge on any atom is 0.00569 e. The van der Waals surface area contributed by atoms with Crippen LogP contribution in [-0.4, -0.2) is 22.6 Å². The van der Waals surface area contributed by atoms with Crippen molar-refractivity contribution in [2.45, 2.75) is 61.2 Å². The molecule has 4 aliphatic carbocycles. The second-order valence-corrected chi connectivity index (χ2v) is 14.6. The summed E-state index contributed by atoms with van der Waals surface area (Å²) in [5.74, 6) is 1.57. The molecule has 0 amide bonds. The van der Waals surface area contributed by atoms with Crippen molar-refractivity contribution in [3.8, 4) is 0 Å². The Kier molecular flexibility index (Phi) is 3.76. The first-order valence-corrected chi connectivity index (χ1v) is 14.3. The molecule has 0 N–H and O–H groups in total. The summed E-state index contributed by atoms with van der Waals surface area (Å²) < 4.78 is 0. The number of rotatable bonds is 2. The average Bonchev–Trinajstić information content (AvgIpc) is 3.48. The molecule has 0 nitrogen and oxygen atoms in total. The van der Waals surface area contributed by atoms with Gasteiger partial charge < -0.3 is 0 Å². The van der Waals surface area contributed by atoms with E-state index >= 15 is 0 Å². The van der Waals surface area contributed by atoms with Crippen LogP contribution in [0.25, 0.3) is 0 Å². The van der Waals surface area contributed by atoms with Gasteiger partial charge in [0.25, 0.3) is 0 Å². The van der Waals surface area contributed by atoms with E-state index in [1.165, 1.54) is 38.5 Å². The van der Waals surface area contributed by atoms with Crippen molar-refractivity contribution < 1.29 is 0 Å². The molecule has 6 aliphatic rings. The van der Waals surface area contributed by atoms with Crippen molar-refractivity contribution in [2.24, 2.45) is 11.8 Å². The van der Waals surface area contributed by atoms with Crippen LogP contribution in [0.3, 0.4) is 0 Å². The predicted octanol–water partition coefficient (Wildman–Crippen LogP) is 6.00. The minimum absolute atomic E-state index is 0.0482. The Bertz CT molecular complexity index is 874. The molecule has 0 bridgehead atoms. The Morgan fingerprint density at radius 1 is 0.679 bits per heavy atom. The van der Waals surface area contributed by atoms with E-state index in [1.807, 2.05) is 21.8 Å². The maximum atomic E-state index is 2.62. The lowest BCUT2D eigenvalue weighted by Crippen LogP contribution is -2.30. The SMILES string of the molecule is C1=CC2C3=CCC[C@@H]3P(c3ccccc3P3C4CC=C[C@@H]4C4=CCC[C@@H]43)C2C1. The van der Waals surface area contributed by atoms with Crippen molar-refractivity contribution in [1.82, 2.24) is 0 Å². The summed E-state index contributed by atoms with van der Waals surface area (Å²) >= 11 is 0. The van der Waals surface area contributed by atoms with Crippen LogP contribution < -0.4 is 10.6 Å². The Labute approximate surface area is 171 Å². The molecule has 2 heteroatoms. The zero-order valence-electron chi connectivity index (χ0n) is 16.4. The van der Waals surface area contributed by atoms with Crippen LogP contribution in [-0.2, 0) is 0 Å². The van der Waals surface area contributed by atoms with Crippen LogP contribution >= 0.6 is 15.8 Å². The minimum Gasteiger partial charge on any atom is -0.0872 e. The molecule has 5 unspecified atom stereocenters. The minimum atomic E-state index is -0.0482. The zero-order valence-corrected chi connectivity index (χ0v) is 18.2. The van der Waals surface area contributed by atoms with E-state index in [0.29, 0.717) is 0 Å². The third-order valence-corrected chi connectivity index (χ3v) is 15.3. The summed E-state index contributed by atoms with van der Waals surface area (Å²) in [6.07, 6.45) is 23.6. The molecule has 0 saturated carbocycles. The monoisotopic (exact) mass is 402 g/mol. The summed E-state index contributed by atoms with van der Waals surface area (Å²) in [7, 11) is -0.0964. The Morgan fingerprint density at radius 3 is 1.68 bits per heavy atom. The molecule has 7 rings (SSSR count). The van der Waals surface area contributed by atoms with E-state index < -0.39 is 0 Å². The van der Waals surface area contributed by atoms with Crippen LogP contribution in [0.5, 0.6) is 0 Å². The zero-order chi connectivity index (χ0) is 18.2. The molecule has 28 heavy (non-hydrogen) atoms. The second kappa shape index (κ2) is 6.27. The highest BCUT2D eigenvalue weighted by Gasteiger charge is 2.52. The van der Waals surface area contributed by atoms with Crippen LogP contribution in [0.2, 0.25) is 0 Å². The van der Waals surface area contributed by atoms with Gasteiger partial charge in [0.1, 0.15) is 0 Å². The average molecular weight is 402 g/mol. The molecular weight excluding hydrogens is 374 g/mol. The number of allylic oxidation sites excluding steroid dienone is 8. The number of hydrogen-bond donors (Lipinski definition) is 0. The normalized spacial score (nSPS) is 44.4. The summed E-state index contributed by atoms with van der Waals surface area (Å²) in [5, 5.41) is 3.66. The highest BCUT2D eigenvalue weighted by Crippen LogP contribution is 2.69. The fourth-order valence-electron chi connectivity index (χ4n) is 7.31. The van der Waals surface area contributed by atoms with Gasteiger partial charge in [-0.25, -0.2) is 0 Å². The van der Waals surface area contributed by atoms with Gasteiger partial charge in [-0.05, 0) is 60.5 Å². The topological polar surface area (TPSA) is 0 Å². The van der Waals surface area contributed by atoms with Crippen LogP contribution in [0.4, 0.5) is 0 Å². The second-order valence-electron chi connectivity index (χ2n) is 9.41. The van der Waals surface area contributed by atoms with Gasteiger partial charge in [0, 0.05) is 23.2 Å². The van der Waals surface area contributed by atoms with Gasteiger partial charge in [-0.1, -0.05) is 87.7 Å². The van der Waals surface area contributed by atoms with Gasteiger partial charge in [0.05, 0.1) is 0 Å². The van der Waals surface area contributed by atoms with E-state index in [4.69, 9.17) is 0 Å². The molecular formula is C26H28P2. The van der Waals surface area contributed by atoms with Crippen LogP contribution in [0, 0.1) is 11.8 Å². The lowest BCUT2D eigenvalue weighted by molar-refractivity contribution is 0.763.